The fourth-order valence-electron chi connectivity index (χ4n) is 6.74. The second-order valence-electron chi connectivity index (χ2n) is 17.4. The number of hydrogen-bond donors (Lipinski definition) is 1. The van der Waals surface area contributed by atoms with Crippen molar-refractivity contribution in [3.63, 3.8) is 0 Å². The van der Waals surface area contributed by atoms with E-state index in [1.54, 1.807) is 0 Å². The van der Waals surface area contributed by atoms with E-state index in [0.717, 1.165) is 82.1 Å². The van der Waals surface area contributed by atoms with Crippen LogP contribution in [0.5, 0.6) is 0 Å². The Morgan fingerprint density at radius 2 is 1.28 bits per heavy atom. The Hall–Kier alpha value is -2.53. The maximum absolute atomic E-state index is 12.8. The van der Waals surface area contributed by atoms with Gasteiger partial charge in [0.2, 0.25) is 0 Å². The van der Waals surface area contributed by atoms with Gasteiger partial charge in [-0.15, -0.1) is 0 Å². The Morgan fingerprint density at radius 3 is 1.95 bits per heavy atom. The topological polar surface area (TPSA) is 134 Å². The van der Waals surface area contributed by atoms with Gasteiger partial charge in [-0.3, -0.25) is 18.6 Å². The number of phosphoric acid groups is 1. The van der Waals surface area contributed by atoms with Gasteiger partial charge in [-0.2, -0.15) is 0 Å². The summed E-state index contributed by atoms with van der Waals surface area (Å²) in [7, 11) is 1.41. The zero-order chi connectivity index (χ0) is 44.1. The Morgan fingerprint density at radius 1 is 0.700 bits per heavy atom. The molecule has 2 heterocycles. The molecule has 0 aromatic carbocycles. The molecule has 1 aliphatic heterocycles. The van der Waals surface area contributed by atoms with Gasteiger partial charge in [0.1, 0.15) is 31.3 Å². The highest BCUT2D eigenvalue weighted by molar-refractivity contribution is 7.47. The molecule has 1 aromatic rings. The predicted octanol–water partition coefficient (Wildman–Crippen LogP) is 11.6. The Labute approximate surface area is 363 Å². The molecule has 3 unspecified atom stereocenters. The molecule has 0 bridgehead atoms. The Kier molecular flexibility index (Phi) is 28.0. The van der Waals surface area contributed by atoms with Gasteiger partial charge in [0.05, 0.1) is 40.0 Å². The van der Waals surface area contributed by atoms with E-state index in [1.165, 1.54) is 49.7 Å². The smallest absolute Gasteiger partial charge is 0.466 e. The van der Waals surface area contributed by atoms with Gasteiger partial charge in [-0.05, 0) is 89.2 Å². The number of nitrogens with zero attached hydrogens (tertiary/aromatic N) is 1. The van der Waals surface area contributed by atoms with E-state index in [1.807, 2.05) is 21.1 Å². The molecule has 0 radical (unpaired) electrons. The molecule has 1 aromatic heterocycles. The number of unbranched alkanes of at least 4 members (excludes halogenated alkanes) is 11. The number of allylic oxidation sites excluding steroid dienone is 4. The van der Waals surface area contributed by atoms with Crippen molar-refractivity contribution < 1.29 is 51.2 Å². The SMILES string of the molecule is CCCCC/C=C\C/C=C\CC1OC1C/C=C\CCCC(=O)O[C@H](COC(=O)CCCCCCCCCCc1oc(CCC)c(C)c1C)COP(=O)(O)OCC[N+](C)(C)C. The molecule has 1 aliphatic rings. The molecule has 12 heteroatoms. The molecule has 60 heavy (non-hydrogen) atoms. The second kappa shape index (κ2) is 31.3. The summed E-state index contributed by atoms with van der Waals surface area (Å²) in [6, 6.07) is 0. The highest BCUT2D eigenvalue weighted by Crippen LogP contribution is 2.43. The minimum Gasteiger partial charge on any atom is -0.466 e. The number of rotatable bonds is 37. The predicted molar refractivity (Wildman–Crippen MR) is 241 cm³/mol. The lowest BCUT2D eigenvalue weighted by Gasteiger charge is -2.24. The zero-order valence-corrected chi connectivity index (χ0v) is 39.5. The lowest BCUT2D eigenvalue weighted by atomic mass is 10.0. The van der Waals surface area contributed by atoms with E-state index < -0.39 is 32.5 Å². The van der Waals surface area contributed by atoms with Crippen LogP contribution in [-0.2, 0) is 50.3 Å². The van der Waals surface area contributed by atoms with Crippen LogP contribution in [0.2, 0.25) is 0 Å². The minimum atomic E-state index is -4.41. The van der Waals surface area contributed by atoms with Crippen LogP contribution in [-0.4, -0.2) is 87.1 Å². The van der Waals surface area contributed by atoms with E-state index in [0.29, 0.717) is 30.3 Å². The molecular formula is C48H83NO10P+. The lowest BCUT2D eigenvalue weighted by Crippen LogP contribution is -2.37. The lowest BCUT2D eigenvalue weighted by molar-refractivity contribution is -0.870. The Bertz CT molecular complexity index is 1460. The summed E-state index contributed by atoms with van der Waals surface area (Å²) in [6.07, 6.45) is 33.5. The third-order valence-electron chi connectivity index (χ3n) is 10.7. The summed E-state index contributed by atoms with van der Waals surface area (Å²) < 4.78 is 46.3. The van der Waals surface area contributed by atoms with Gasteiger partial charge in [0, 0.05) is 25.7 Å². The van der Waals surface area contributed by atoms with Gasteiger partial charge >= 0.3 is 19.8 Å². The number of likely N-dealkylation sites (N-methyl/N-ethyl adjacent to an activating group) is 1. The van der Waals surface area contributed by atoms with Crippen LogP contribution >= 0.6 is 7.82 Å². The summed E-state index contributed by atoms with van der Waals surface area (Å²) in [6.45, 7) is 8.53. The molecule has 0 saturated carbocycles. The third-order valence-corrected chi connectivity index (χ3v) is 11.7. The van der Waals surface area contributed by atoms with Crippen LogP contribution in [0.1, 0.15) is 165 Å². The number of carbonyl (C=O) groups excluding carboxylic acids is 2. The molecule has 344 valence electrons. The van der Waals surface area contributed by atoms with Gasteiger partial charge < -0.3 is 28.0 Å². The first-order valence-corrected chi connectivity index (χ1v) is 24.7. The van der Waals surface area contributed by atoms with Crippen molar-refractivity contribution in [2.45, 2.75) is 187 Å². The van der Waals surface area contributed by atoms with E-state index in [-0.39, 0.29) is 38.3 Å². The van der Waals surface area contributed by atoms with Crippen molar-refractivity contribution in [2.24, 2.45) is 0 Å². The molecule has 0 spiro atoms. The van der Waals surface area contributed by atoms with Crippen LogP contribution in [0.4, 0.5) is 0 Å². The number of ether oxygens (including phenoxy) is 3. The van der Waals surface area contributed by atoms with Gasteiger partial charge in [-0.1, -0.05) is 102 Å². The number of quaternary nitrogens is 1. The van der Waals surface area contributed by atoms with E-state index in [4.69, 9.17) is 27.7 Å². The summed E-state index contributed by atoms with van der Waals surface area (Å²) in [5, 5.41) is 0. The largest absolute Gasteiger partial charge is 0.472 e. The quantitative estimate of drug-likeness (QED) is 0.0172. The number of carbonyl (C=O) groups is 2. The fraction of sp³-hybridized carbons (Fsp3) is 0.750. The molecular weight excluding hydrogens is 781 g/mol. The van der Waals surface area contributed by atoms with E-state index >= 15 is 0 Å². The zero-order valence-electron chi connectivity index (χ0n) is 38.6. The van der Waals surface area contributed by atoms with Crippen LogP contribution in [0.15, 0.2) is 40.9 Å². The first-order valence-electron chi connectivity index (χ1n) is 23.2. The van der Waals surface area contributed by atoms with Gasteiger partial charge in [0.15, 0.2) is 6.10 Å². The van der Waals surface area contributed by atoms with Crippen molar-refractivity contribution in [3.8, 4) is 0 Å². The van der Waals surface area contributed by atoms with Gasteiger partial charge in [0.25, 0.3) is 0 Å². The van der Waals surface area contributed by atoms with Crippen molar-refractivity contribution >= 4 is 19.8 Å². The fourth-order valence-corrected chi connectivity index (χ4v) is 7.48. The summed E-state index contributed by atoms with van der Waals surface area (Å²) >= 11 is 0. The van der Waals surface area contributed by atoms with Crippen molar-refractivity contribution in [1.29, 1.82) is 0 Å². The second-order valence-corrected chi connectivity index (χ2v) is 18.9. The summed E-state index contributed by atoms with van der Waals surface area (Å²) in [5.74, 6) is 1.40. The highest BCUT2D eigenvalue weighted by Gasteiger charge is 2.36. The first kappa shape index (κ1) is 53.6. The average molecular weight is 865 g/mol. The molecule has 2 rings (SSSR count). The van der Waals surface area contributed by atoms with E-state index in [9.17, 15) is 19.0 Å². The van der Waals surface area contributed by atoms with Crippen LogP contribution < -0.4 is 0 Å². The number of esters is 2. The molecule has 0 aliphatic carbocycles. The standard InChI is InChI=1S/C48H82NO10P/c1-8-10-11-12-13-14-18-21-26-32-45-46(59-45)33-27-23-24-29-35-48(51)57-42(39-56-60(52,53)55-37-36-49(5,6)7)38-54-47(50)34-28-22-19-16-15-17-20-25-31-44-41(4)40(3)43(58-44)30-9-2/h13-14,21,23,26-27,42,45-46H,8-12,15-20,22,24-25,28-39H2,1-7H3/p+1/b14-13-,26-21-,27-23-/t42-,45?,46?/m1/s1. The number of aryl methyl sites for hydroxylation is 2. The number of hydrogen-bond acceptors (Lipinski definition) is 9. The average Bonchev–Trinajstić information content (AvgIpc) is 3.89. The Balaban J connectivity index is 1.64. The van der Waals surface area contributed by atoms with Crippen molar-refractivity contribution in [1.82, 2.24) is 0 Å². The minimum absolute atomic E-state index is 0.0110. The molecule has 1 fully saturated rings. The highest BCUT2D eigenvalue weighted by atomic mass is 31.2. The summed E-state index contributed by atoms with van der Waals surface area (Å²) in [5.41, 5.74) is 2.63. The van der Waals surface area contributed by atoms with Crippen molar-refractivity contribution in [2.75, 3.05) is 47.5 Å². The summed E-state index contributed by atoms with van der Waals surface area (Å²) in [4.78, 5) is 35.6. The third kappa shape index (κ3) is 26.7. The molecule has 4 atom stereocenters. The van der Waals surface area contributed by atoms with Crippen LogP contribution in [0.25, 0.3) is 0 Å². The molecule has 0 amide bonds. The van der Waals surface area contributed by atoms with E-state index in [2.05, 4.69) is 64.2 Å². The maximum atomic E-state index is 12.8. The van der Waals surface area contributed by atoms with Crippen LogP contribution in [0.3, 0.4) is 0 Å². The first-order chi connectivity index (χ1) is 28.7. The number of phosphoric ester groups is 1. The van der Waals surface area contributed by atoms with Crippen LogP contribution in [0, 0.1) is 13.8 Å². The normalized spacial score (nSPS) is 17.2. The monoisotopic (exact) mass is 865 g/mol. The van der Waals surface area contributed by atoms with Gasteiger partial charge in [-0.25, -0.2) is 4.57 Å². The number of furan rings is 1. The number of epoxide rings is 1. The molecule has 1 N–H and O–H groups in total. The maximum Gasteiger partial charge on any atom is 0.472 e. The van der Waals surface area contributed by atoms with Crippen molar-refractivity contribution in [3.05, 3.63) is 59.1 Å². The molecule has 1 saturated heterocycles. The molecule has 11 nitrogen and oxygen atoms in total.